The third kappa shape index (κ3) is 4.50. The number of methoxy groups -OCH3 is 1. The summed E-state index contributed by atoms with van der Waals surface area (Å²) >= 11 is 0. The van der Waals surface area contributed by atoms with Crippen molar-refractivity contribution in [1.29, 1.82) is 0 Å². The number of ether oxygens (including phenoxy) is 3. The number of hydrogen-bond acceptors (Lipinski definition) is 6. The van der Waals surface area contributed by atoms with E-state index in [4.69, 9.17) is 18.7 Å². The van der Waals surface area contributed by atoms with Gasteiger partial charge in [-0.2, -0.15) is 4.98 Å². The SMILES string of the molecule is CCCOc1ccc(OCc2noc(-c3ccc(OC)cc3)n2)cc1. The second-order valence-electron chi connectivity index (χ2n) is 5.35. The Labute approximate surface area is 146 Å². The van der Waals surface area contributed by atoms with Gasteiger partial charge in [-0.05, 0) is 55.0 Å². The van der Waals surface area contributed by atoms with Crippen LogP contribution in [-0.2, 0) is 6.61 Å². The second kappa shape index (κ2) is 8.19. The Morgan fingerprint density at radius 3 is 2.16 bits per heavy atom. The lowest BCUT2D eigenvalue weighted by molar-refractivity contribution is 0.285. The van der Waals surface area contributed by atoms with Crippen molar-refractivity contribution in [3.63, 3.8) is 0 Å². The normalized spacial score (nSPS) is 10.5. The van der Waals surface area contributed by atoms with Gasteiger partial charge in [0.25, 0.3) is 5.89 Å². The monoisotopic (exact) mass is 340 g/mol. The predicted molar refractivity (Wildman–Crippen MR) is 92.8 cm³/mol. The largest absolute Gasteiger partial charge is 0.497 e. The van der Waals surface area contributed by atoms with Crippen molar-refractivity contribution in [3.8, 4) is 28.7 Å². The molecule has 2 aromatic carbocycles. The molecule has 0 amide bonds. The van der Waals surface area contributed by atoms with Gasteiger partial charge >= 0.3 is 0 Å². The number of benzene rings is 2. The predicted octanol–water partition coefficient (Wildman–Crippen LogP) is 4.11. The molecule has 0 bridgehead atoms. The van der Waals surface area contributed by atoms with Gasteiger partial charge in [-0.25, -0.2) is 0 Å². The van der Waals surface area contributed by atoms with Crippen LogP contribution in [0.5, 0.6) is 17.2 Å². The van der Waals surface area contributed by atoms with Crippen LogP contribution in [0, 0.1) is 0 Å². The lowest BCUT2D eigenvalue weighted by Gasteiger charge is -2.06. The molecule has 1 heterocycles. The van der Waals surface area contributed by atoms with Crippen molar-refractivity contribution < 1.29 is 18.7 Å². The van der Waals surface area contributed by atoms with Crippen molar-refractivity contribution >= 4 is 0 Å². The zero-order valence-electron chi connectivity index (χ0n) is 14.3. The number of hydrogen-bond donors (Lipinski definition) is 0. The molecular weight excluding hydrogens is 320 g/mol. The Bertz CT molecular complexity index is 782. The highest BCUT2D eigenvalue weighted by atomic mass is 16.5. The van der Waals surface area contributed by atoms with Crippen molar-refractivity contribution in [2.75, 3.05) is 13.7 Å². The summed E-state index contributed by atoms with van der Waals surface area (Å²) in [6.45, 7) is 3.01. The molecule has 0 N–H and O–H groups in total. The first kappa shape index (κ1) is 16.8. The minimum Gasteiger partial charge on any atom is -0.497 e. The van der Waals surface area contributed by atoms with Gasteiger partial charge in [-0.3, -0.25) is 0 Å². The van der Waals surface area contributed by atoms with E-state index < -0.39 is 0 Å². The lowest BCUT2D eigenvalue weighted by Crippen LogP contribution is -1.98. The van der Waals surface area contributed by atoms with Crippen LogP contribution in [0.1, 0.15) is 19.2 Å². The molecule has 1 aromatic heterocycles. The van der Waals surface area contributed by atoms with Crippen LogP contribution in [0.2, 0.25) is 0 Å². The fraction of sp³-hybridized carbons (Fsp3) is 0.263. The van der Waals surface area contributed by atoms with Gasteiger partial charge in [0.1, 0.15) is 17.2 Å². The van der Waals surface area contributed by atoms with Crippen LogP contribution < -0.4 is 14.2 Å². The molecule has 0 saturated carbocycles. The molecule has 0 spiro atoms. The first-order chi connectivity index (χ1) is 12.3. The van der Waals surface area contributed by atoms with Gasteiger partial charge in [-0.1, -0.05) is 12.1 Å². The van der Waals surface area contributed by atoms with E-state index in [2.05, 4.69) is 17.1 Å². The molecule has 0 aliphatic rings. The molecule has 0 saturated heterocycles. The smallest absolute Gasteiger partial charge is 0.258 e. The molecule has 6 nitrogen and oxygen atoms in total. The number of nitrogens with zero attached hydrogens (tertiary/aromatic N) is 2. The Balaban J connectivity index is 1.57. The van der Waals surface area contributed by atoms with Crippen molar-refractivity contribution in [2.45, 2.75) is 20.0 Å². The lowest BCUT2D eigenvalue weighted by atomic mass is 10.2. The minimum absolute atomic E-state index is 0.231. The van der Waals surface area contributed by atoms with Gasteiger partial charge in [0.05, 0.1) is 13.7 Å². The van der Waals surface area contributed by atoms with E-state index in [1.807, 2.05) is 48.5 Å². The zero-order chi connectivity index (χ0) is 17.5. The van der Waals surface area contributed by atoms with Crippen LogP contribution in [-0.4, -0.2) is 23.9 Å². The average Bonchev–Trinajstić information content (AvgIpc) is 3.14. The summed E-state index contributed by atoms with van der Waals surface area (Å²) in [6.07, 6.45) is 0.979. The molecule has 0 aliphatic carbocycles. The van der Waals surface area contributed by atoms with E-state index in [0.29, 0.717) is 18.3 Å². The van der Waals surface area contributed by atoms with E-state index >= 15 is 0 Å². The second-order valence-corrected chi connectivity index (χ2v) is 5.35. The maximum Gasteiger partial charge on any atom is 0.258 e. The first-order valence-electron chi connectivity index (χ1n) is 8.11. The van der Waals surface area contributed by atoms with E-state index in [0.717, 1.165) is 29.2 Å². The summed E-state index contributed by atoms with van der Waals surface area (Å²) in [5.74, 6) is 3.26. The fourth-order valence-electron chi connectivity index (χ4n) is 2.16. The van der Waals surface area contributed by atoms with Crippen molar-refractivity contribution in [2.24, 2.45) is 0 Å². The van der Waals surface area contributed by atoms with Crippen LogP contribution in [0.4, 0.5) is 0 Å². The van der Waals surface area contributed by atoms with Crippen LogP contribution >= 0.6 is 0 Å². The quantitative estimate of drug-likeness (QED) is 0.615. The Kier molecular flexibility index (Phi) is 5.51. The Morgan fingerprint density at radius 1 is 0.880 bits per heavy atom. The van der Waals surface area contributed by atoms with Crippen LogP contribution in [0.25, 0.3) is 11.5 Å². The van der Waals surface area contributed by atoms with Crippen molar-refractivity contribution in [3.05, 3.63) is 54.4 Å². The van der Waals surface area contributed by atoms with Crippen molar-refractivity contribution in [1.82, 2.24) is 10.1 Å². The molecule has 3 aromatic rings. The zero-order valence-corrected chi connectivity index (χ0v) is 14.3. The van der Waals surface area contributed by atoms with E-state index in [9.17, 15) is 0 Å². The molecule has 3 rings (SSSR count). The summed E-state index contributed by atoms with van der Waals surface area (Å²) in [4.78, 5) is 4.34. The van der Waals surface area contributed by atoms with Gasteiger partial charge in [-0.15, -0.1) is 0 Å². The van der Waals surface area contributed by atoms with E-state index in [1.165, 1.54) is 0 Å². The summed E-state index contributed by atoms with van der Waals surface area (Å²) in [5, 5.41) is 3.94. The molecule has 130 valence electrons. The molecule has 25 heavy (non-hydrogen) atoms. The maximum absolute atomic E-state index is 5.68. The standard InChI is InChI=1S/C19H20N2O4/c1-3-12-23-16-8-10-17(11-9-16)24-13-18-20-19(25-21-18)14-4-6-15(22-2)7-5-14/h4-11H,3,12-13H2,1-2H3. The van der Waals surface area contributed by atoms with Gasteiger partial charge in [0, 0.05) is 5.56 Å². The molecule has 0 aliphatic heterocycles. The average molecular weight is 340 g/mol. The van der Waals surface area contributed by atoms with Crippen LogP contribution in [0.3, 0.4) is 0 Å². The third-order valence-corrected chi connectivity index (χ3v) is 3.47. The minimum atomic E-state index is 0.231. The fourth-order valence-corrected chi connectivity index (χ4v) is 2.16. The molecule has 6 heteroatoms. The van der Waals surface area contributed by atoms with E-state index in [1.54, 1.807) is 7.11 Å². The molecular formula is C19H20N2O4. The van der Waals surface area contributed by atoms with Crippen LogP contribution in [0.15, 0.2) is 53.1 Å². The highest BCUT2D eigenvalue weighted by Gasteiger charge is 2.09. The first-order valence-corrected chi connectivity index (χ1v) is 8.11. The highest BCUT2D eigenvalue weighted by Crippen LogP contribution is 2.22. The number of aromatic nitrogens is 2. The third-order valence-electron chi connectivity index (χ3n) is 3.47. The highest BCUT2D eigenvalue weighted by molar-refractivity contribution is 5.54. The van der Waals surface area contributed by atoms with Gasteiger partial charge in [0.2, 0.25) is 5.82 Å². The van der Waals surface area contributed by atoms with Gasteiger partial charge in [0.15, 0.2) is 6.61 Å². The molecule has 0 fully saturated rings. The Hall–Kier alpha value is -3.02. The summed E-state index contributed by atoms with van der Waals surface area (Å²) < 4.78 is 21.6. The number of rotatable bonds is 8. The molecule has 0 atom stereocenters. The van der Waals surface area contributed by atoms with Gasteiger partial charge < -0.3 is 18.7 Å². The summed E-state index contributed by atoms with van der Waals surface area (Å²) in [7, 11) is 1.62. The molecule has 0 radical (unpaired) electrons. The topological polar surface area (TPSA) is 66.6 Å². The summed E-state index contributed by atoms with van der Waals surface area (Å²) in [5.41, 5.74) is 0.831. The molecule has 0 unspecified atom stereocenters. The maximum atomic E-state index is 5.68. The summed E-state index contributed by atoms with van der Waals surface area (Å²) in [6, 6.07) is 14.9. The Morgan fingerprint density at radius 2 is 1.52 bits per heavy atom. The van der Waals surface area contributed by atoms with E-state index in [-0.39, 0.29) is 6.61 Å².